The third kappa shape index (κ3) is 6.29. The summed E-state index contributed by atoms with van der Waals surface area (Å²) < 4.78 is 5.81. The van der Waals surface area contributed by atoms with Crippen LogP contribution in [0.2, 0.25) is 0 Å². The second-order valence-electron chi connectivity index (χ2n) is 7.35. The van der Waals surface area contributed by atoms with Gasteiger partial charge in [0.1, 0.15) is 0 Å². The van der Waals surface area contributed by atoms with Gasteiger partial charge in [-0.05, 0) is 62.6 Å². The lowest BCUT2D eigenvalue weighted by Gasteiger charge is -2.32. The number of carbonyl (C=O) groups excluding carboxylic acids is 2. The molecule has 0 aliphatic carbocycles. The number of anilines is 1. The number of amides is 2. The van der Waals surface area contributed by atoms with Gasteiger partial charge in [-0.1, -0.05) is 24.3 Å². The molecule has 162 valence electrons. The van der Waals surface area contributed by atoms with Gasteiger partial charge in [0.25, 0.3) is 11.8 Å². The van der Waals surface area contributed by atoms with Crippen LogP contribution in [0.25, 0.3) is 0 Å². The summed E-state index contributed by atoms with van der Waals surface area (Å²) in [5, 5.41) is 2.92. The highest BCUT2D eigenvalue weighted by Crippen LogP contribution is 2.21. The second-order valence-corrected chi connectivity index (χ2v) is 7.35. The van der Waals surface area contributed by atoms with Crippen LogP contribution in [0.3, 0.4) is 0 Å². The van der Waals surface area contributed by atoms with Crippen molar-refractivity contribution in [2.24, 2.45) is 5.73 Å². The van der Waals surface area contributed by atoms with Gasteiger partial charge in [0.05, 0.1) is 6.10 Å². The molecule has 0 atom stereocenters. The lowest BCUT2D eigenvalue weighted by atomic mass is 10.0. The number of hydrogen-bond donors (Lipinski definition) is 2. The first-order chi connectivity index (χ1) is 14.1. The van der Waals surface area contributed by atoms with E-state index >= 15 is 0 Å². The molecular weight excluding hydrogens is 402 g/mol. The van der Waals surface area contributed by atoms with Crippen molar-refractivity contribution in [2.45, 2.75) is 32.3 Å². The number of rotatable bonds is 7. The quantitative estimate of drug-likeness (QED) is 0.655. The highest BCUT2D eigenvalue weighted by Gasteiger charge is 2.24. The van der Waals surface area contributed by atoms with E-state index < -0.39 is 0 Å². The van der Waals surface area contributed by atoms with Crippen LogP contribution in [0, 0.1) is 6.92 Å². The van der Waals surface area contributed by atoms with Crippen LogP contribution < -0.4 is 11.1 Å². The van der Waals surface area contributed by atoms with Crippen LogP contribution in [0.5, 0.6) is 0 Å². The van der Waals surface area contributed by atoms with E-state index in [1.54, 1.807) is 18.2 Å². The lowest BCUT2D eigenvalue weighted by molar-refractivity contribution is 0.00844. The van der Waals surface area contributed by atoms with E-state index in [9.17, 15) is 9.59 Å². The molecule has 3 rings (SSSR count). The van der Waals surface area contributed by atoms with E-state index in [1.165, 1.54) is 0 Å². The van der Waals surface area contributed by atoms with Crippen molar-refractivity contribution >= 4 is 29.9 Å². The molecule has 0 bridgehead atoms. The van der Waals surface area contributed by atoms with Crippen molar-refractivity contribution in [1.29, 1.82) is 0 Å². The standard InChI is InChI=1S/C23H29N3O3.ClH/c1-17-8-9-19(16-21(17)25-22(27)18-6-3-2-4-7-18)23(28)26-13-10-20(11-14-26)29-15-5-12-24;/h2-4,6-9,16,20H,5,10-15,24H2,1H3,(H,25,27);1H. The molecule has 6 nitrogen and oxygen atoms in total. The van der Waals surface area contributed by atoms with Gasteiger partial charge in [0.2, 0.25) is 0 Å². The lowest BCUT2D eigenvalue weighted by Crippen LogP contribution is -2.41. The Morgan fingerprint density at radius 3 is 2.47 bits per heavy atom. The Balaban J connectivity index is 0.00000320. The van der Waals surface area contributed by atoms with Crippen molar-refractivity contribution in [1.82, 2.24) is 4.90 Å². The Hall–Kier alpha value is -2.41. The van der Waals surface area contributed by atoms with Gasteiger partial charge in [-0.3, -0.25) is 9.59 Å². The second kappa shape index (κ2) is 11.7. The average molecular weight is 432 g/mol. The van der Waals surface area contributed by atoms with E-state index in [0.717, 1.165) is 24.8 Å². The monoisotopic (exact) mass is 431 g/mol. The maximum Gasteiger partial charge on any atom is 0.255 e. The minimum Gasteiger partial charge on any atom is -0.378 e. The predicted molar refractivity (Wildman–Crippen MR) is 121 cm³/mol. The highest BCUT2D eigenvalue weighted by molar-refractivity contribution is 6.05. The third-order valence-electron chi connectivity index (χ3n) is 5.20. The van der Waals surface area contributed by atoms with Crippen LogP contribution in [-0.2, 0) is 4.74 Å². The number of nitrogens with zero attached hydrogens (tertiary/aromatic N) is 1. The van der Waals surface area contributed by atoms with Crippen LogP contribution in [0.1, 0.15) is 45.5 Å². The van der Waals surface area contributed by atoms with Gasteiger partial charge in [-0.2, -0.15) is 0 Å². The van der Waals surface area contributed by atoms with E-state index in [0.29, 0.717) is 43.1 Å². The van der Waals surface area contributed by atoms with Crippen molar-refractivity contribution in [3.8, 4) is 0 Å². The first-order valence-corrected chi connectivity index (χ1v) is 10.2. The number of piperidine rings is 1. The Bertz CT molecular complexity index is 837. The molecule has 0 spiro atoms. The first-order valence-electron chi connectivity index (χ1n) is 10.2. The minimum atomic E-state index is -0.186. The number of nitrogens with two attached hydrogens (primary N) is 1. The predicted octanol–water partition coefficient (Wildman–Crippen LogP) is 3.64. The van der Waals surface area contributed by atoms with Gasteiger partial charge in [0.15, 0.2) is 0 Å². The Kier molecular flexibility index (Phi) is 9.30. The summed E-state index contributed by atoms with van der Waals surface area (Å²) in [6.07, 6.45) is 2.73. The number of ether oxygens (including phenoxy) is 1. The molecule has 1 aliphatic heterocycles. The van der Waals surface area contributed by atoms with Crippen molar-refractivity contribution in [2.75, 3.05) is 31.6 Å². The number of carbonyl (C=O) groups is 2. The van der Waals surface area contributed by atoms with Crippen LogP contribution in [0.15, 0.2) is 48.5 Å². The fraction of sp³-hybridized carbons (Fsp3) is 0.391. The van der Waals surface area contributed by atoms with Gasteiger partial charge >= 0.3 is 0 Å². The summed E-state index contributed by atoms with van der Waals surface area (Å²) in [6, 6.07) is 14.5. The molecule has 1 saturated heterocycles. The van der Waals surface area contributed by atoms with Crippen molar-refractivity contribution in [3.63, 3.8) is 0 Å². The number of aryl methyl sites for hydroxylation is 1. The van der Waals surface area contributed by atoms with E-state index in [4.69, 9.17) is 10.5 Å². The zero-order valence-electron chi connectivity index (χ0n) is 17.3. The fourth-order valence-electron chi connectivity index (χ4n) is 3.42. The summed E-state index contributed by atoms with van der Waals surface area (Å²) in [4.78, 5) is 27.3. The average Bonchev–Trinajstić information content (AvgIpc) is 2.76. The molecular formula is C23H30ClN3O3. The summed E-state index contributed by atoms with van der Waals surface area (Å²) in [7, 11) is 0. The SMILES string of the molecule is Cc1ccc(C(=O)N2CCC(OCCCN)CC2)cc1NC(=O)c1ccccc1.Cl. The number of halogens is 1. The summed E-state index contributed by atoms with van der Waals surface area (Å²) in [5.74, 6) is -0.200. The maximum absolute atomic E-state index is 12.9. The van der Waals surface area contributed by atoms with Gasteiger partial charge in [-0.15, -0.1) is 12.4 Å². The molecule has 2 aromatic rings. The Labute approximate surface area is 184 Å². The number of nitrogens with one attached hydrogen (secondary N) is 1. The highest BCUT2D eigenvalue weighted by atomic mass is 35.5. The Morgan fingerprint density at radius 1 is 1.10 bits per heavy atom. The smallest absolute Gasteiger partial charge is 0.255 e. The summed E-state index contributed by atoms with van der Waals surface area (Å²) in [6.45, 7) is 4.57. The molecule has 0 saturated carbocycles. The molecule has 3 N–H and O–H groups in total. The maximum atomic E-state index is 12.9. The zero-order chi connectivity index (χ0) is 20.6. The molecule has 30 heavy (non-hydrogen) atoms. The van der Waals surface area contributed by atoms with E-state index in [-0.39, 0.29) is 30.3 Å². The molecule has 1 fully saturated rings. The minimum absolute atomic E-state index is 0. The van der Waals surface area contributed by atoms with E-state index in [2.05, 4.69) is 5.32 Å². The normalized spacial score (nSPS) is 14.1. The molecule has 2 amide bonds. The summed E-state index contributed by atoms with van der Waals surface area (Å²) in [5.41, 5.74) is 8.24. The van der Waals surface area contributed by atoms with Gasteiger partial charge < -0.3 is 20.7 Å². The number of hydrogen-bond acceptors (Lipinski definition) is 4. The van der Waals surface area contributed by atoms with Gasteiger partial charge in [-0.25, -0.2) is 0 Å². The molecule has 1 heterocycles. The fourth-order valence-corrected chi connectivity index (χ4v) is 3.42. The van der Waals surface area contributed by atoms with Crippen LogP contribution in [0.4, 0.5) is 5.69 Å². The molecule has 1 aliphatic rings. The van der Waals surface area contributed by atoms with Gasteiger partial charge in [0, 0.05) is 36.5 Å². The molecule has 0 unspecified atom stereocenters. The van der Waals surface area contributed by atoms with Crippen molar-refractivity contribution in [3.05, 3.63) is 65.2 Å². The largest absolute Gasteiger partial charge is 0.378 e. The first kappa shape index (κ1) is 23.9. The molecule has 0 radical (unpaired) electrons. The molecule has 0 aromatic heterocycles. The third-order valence-corrected chi connectivity index (χ3v) is 5.20. The van der Waals surface area contributed by atoms with E-state index in [1.807, 2.05) is 42.2 Å². The Morgan fingerprint density at radius 2 is 1.80 bits per heavy atom. The topological polar surface area (TPSA) is 84.7 Å². The van der Waals surface area contributed by atoms with Crippen LogP contribution >= 0.6 is 12.4 Å². The number of likely N-dealkylation sites (tertiary alicyclic amines) is 1. The summed E-state index contributed by atoms with van der Waals surface area (Å²) >= 11 is 0. The van der Waals surface area contributed by atoms with Crippen LogP contribution in [-0.4, -0.2) is 49.1 Å². The zero-order valence-corrected chi connectivity index (χ0v) is 18.1. The number of benzene rings is 2. The molecule has 2 aromatic carbocycles. The molecule has 7 heteroatoms. The van der Waals surface area contributed by atoms with Crippen molar-refractivity contribution < 1.29 is 14.3 Å².